The second kappa shape index (κ2) is 9.27. The fraction of sp³-hybridized carbons (Fsp3) is 0.667. The SMILES string of the molecule is CCCC[C@@H](NC(N)=O)C(=O)N1CCC(N2Cc3cnc(C)n3C2=O)CC1.Cl. The van der Waals surface area contributed by atoms with Gasteiger partial charge >= 0.3 is 12.1 Å². The third kappa shape index (κ3) is 4.40. The summed E-state index contributed by atoms with van der Waals surface area (Å²) < 4.78 is 1.66. The molecule has 0 unspecified atom stereocenters. The van der Waals surface area contributed by atoms with Crippen molar-refractivity contribution in [2.45, 2.75) is 64.6 Å². The minimum absolute atomic E-state index is 0. The molecule has 10 heteroatoms. The molecule has 2 aliphatic rings. The molecule has 2 aliphatic heterocycles. The number of nitrogens with zero attached hydrogens (tertiary/aromatic N) is 4. The van der Waals surface area contributed by atoms with Gasteiger partial charge in [0.15, 0.2) is 0 Å². The Hall–Kier alpha value is -2.29. The molecular weight excluding hydrogens is 384 g/mol. The first-order valence-corrected chi connectivity index (χ1v) is 9.61. The molecule has 156 valence electrons. The average Bonchev–Trinajstić information content (AvgIpc) is 3.18. The van der Waals surface area contributed by atoms with Crippen molar-refractivity contribution >= 4 is 30.4 Å². The van der Waals surface area contributed by atoms with Crippen LogP contribution in [0.4, 0.5) is 9.59 Å². The number of hydrogen-bond acceptors (Lipinski definition) is 4. The van der Waals surface area contributed by atoms with Crippen LogP contribution in [0.25, 0.3) is 0 Å². The highest BCUT2D eigenvalue weighted by molar-refractivity contribution is 5.86. The number of urea groups is 1. The number of hydrogen-bond donors (Lipinski definition) is 2. The number of nitrogens with one attached hydrogen (secondary N) is 1. The molecule has 0 aliphatic carbocycles. The predicted molar refractivity (Wildman–Crippen MR) is 106 cm³/mol. The second-order valence-electron chi connectivity index (χ2n) is 7.30. The van der Waals surface area contributed by atoms with Crippen LogP contribution in [0.15, 0.2) is 6.20 Å². The lowest BCUT2D eigenvalue weighted by molar-refractivity contribution is -0.134. The summed E-state index contributed by atoms with van der Waals surface area (Å²) in [6.07, 6.45) is 5.59. The minimum Gasteiger partial charge on any atom is -0.352 e. The normalized spacial score (nSPS) is 17.9. The minimum atomic E-state index is -0.673. The van der Waals surface area contributed by atoms with E-state index in [0.29, 0.717) is 31.9 Å². The van der Waals surface area contributed by atoms with Crippen molar-refractivity contribution in [2.24, 2.45) is 5.73 Å². The number of aryl methyl sites for hydroxylation is 1. The molecule has 0 saturated carbocycles. The number of rotatable bonds is 6. The summed E-state index contributed by atoms with van der Waals surface area (Å²) in [4.78, 5) is 44.5. The zero-order chi connectivity index (χ0) is 19.6. The van der Waals surface area contributed by atoms with Gasteiger partial charge in [-0.2, -0.15) is 0 Å². The second-order valence-corrected chi connectivity index (χ2v) is 7.30. The molecule has 1 aromatic heterocycles. The van der Waals surface area contributed by atoms with Gasteiger partial charge in [-0.3, -0.25) is 9.36 Å². The number of nitrogens with two attached hydrogens (primary N) is 1. The third-order valence-corrected chi connectivity index (χ3v) is 5.46. The lowest BCUT2D eigenvalue weighted by atomic mass is 10.0. The first-order valence-electron chi connectivity index (χ1n) is 9.61. The predicted octanol–water partition coefficient (Wildman–Crippen LogP) is 1.62. The van der Waals surface area contributed by atoms with E-state index in [-0.39, 0.29) is 30.4 Å². The van der Waals surface area contributed by atoms with E-state index in [0.717, 1.165) is 31.4 Å². The highest BCUT2D eigenvalue weighted by Gasteiger charge is 2.37. The van der Waals surface area contributed by atoms with E-state index in [1.807, 2.05) is 18.7 Å². The molecule has 0 bridgehead atoms. The van der Waals surface area contributed by atoms with Gasteiger partial charge in [0, 0.05) is 19.1 Å². The van der Waals surface area contributed by atoms with Crippen LogP contribution in [-0.2, 0) is 11.3 Å². The van der Waals surface area contributed by atoms with Crippen LogP contribution < -0.4 is 11.1 Å². The molecule has 3 heterocycles. The number of carbonyl (C=O) groups excluding carboxylic acids is 3. The van der Waals surface area contributed by atoms with E-state index in [9.17, 15) is 14.4 Å². The van der Waals surface area contributed by atoms with Crippen molar-refractivity contribution in [3.8, 4) is 0 Å². The summed E-state index contributed by atoms with van der Waals surface area (Å²) in [5, 5.41) is 2.57. The number of primary amides is 1. The van der Waals surface area contributed by atoms with E-state index in [4.69, 9.17) is 5.73 Å². The Morgan fingerprint density at radius 2 is 2.04 bits per heavy atom. The Balaban J connectivity index is 0.00000280. The molecule has 3 N–H and O–H groups in total. The first-order chi connectivity index (χ1) is 12.9. The van der Waals surface area contributed by atoms with Crippen molar-refractivity contribution in [1.82, 2.24) is 24.7 Å². The Morgan fingerprint density at radius 3 is 2.61 bits per heavy atom. The van der Waals surface area contributed by atoms with Crippen LogP contribution >= 0.6 is 12.4 Å². The summed E-state index contributed by atoms with van der Waals surface area (Å²) in [5.74, 6) is 0.626. The number of fused-ring (bicyclic) bond motifs is 1. The summed E-state index contributed by atoms with van der Waals surface area (Å²) in [6, 6.07) is -1.16. The zero-order valence-electron chi connectivity index (χ0n) is 16.4. The van der Waals surface area contributed by atoms with Crippen LogP contribution in [0.3, 0.4) is 0 Å². The molecule has 28 heavy (non-hydrogen) atoms. The van der Waals surface area contributed by atoms with Gasteiger partial charge in [0.1, 0.15) is 11.9 Å². The smallest absolute Gasteiger partial charge is 0.330 e. The fourth-order valence-electron chi connectivity index (χ4n) is 3.98. The summed E-state index contributed by atoms with van der Waals surface area (Å²) in [6.45, 7) is 5.58. The highest BCUT2D eigenvalue weighted by Crippen LogP contribution is 2.26. The molecule has 0 aromatic carbocycles. The topological polar surface area (TPSA) is 114 Å². The molecular formula is C18H29ClN6O3. The monoisotopic (exact) mass is 412 g/mol. The van der Waals surface area contributed by atoms with Crippen molar-refractivity contribution in [3.05, 3.63) is 17.7 Å². The van der Waals surface area contributed by atoms with Gasteiger partial charge in [-0.15, -0.1) is 12.4 Å². The number of unbranched alkanes of at least 4 members (excludes halogenated alkanes) is 1. The molecule has 1 aromatic rings. The molecule has 0 radical (unpaired) electrons. The van der Waals surface area contributed by atoms with E-state index in [1.54, 1.807) is 15.7 Å². The summed E-state index contributed by atoms with van der Waals surface area (Å²) in [5.41, 5.74) is 6.14. The first kappa shape index (κ1) is 22.0. The molecule has 1 fully saturated rings. The molecule has 1 saturated heterocycles. The average molecular weight is 413 g/mol. The van der Waals surface area contributed by atoms with Gasteiger partial charge in [0.2, 0.25) is 5.91 Å². The number of piperidine rings is 1. The highest BCUT2D eigenvalue weighted by atomic mass is 35.5. The van der Waals surface area contributed by atoms with Crippen LogP contribution in [0.2, 0.25) is 0 Å². The standard InChI is InChI=1S/C18H28N6O3.ClH/c1-3-4-5-15(21-17(19)26)16(25)22-8-6-13(7-9-22)23-11-14-10-20-12(2)24(14)18(23)27;/h10,13,15H,3-9,11H2,1-2H3,(H3,19,21,26);1H/t15-;/m1./s1. The van der Waals surface area contributed by atoms with Crippen LogP contribution in [0.5, 0.6) is 0 Å². The molecule has 3 rings (SSSR count). The largest absolute Gasteiger partial charge is 0.352 e. The summed E-state index contributed by atoms with van der Waals surface area (Å²) >= 11 is 0. The van der Waals surface area contributed by atoms with Crippen molar-refractivity contribution in [2.75, 3.05) is 13.1 Å². The van der Waals surface area contributed by atoms with Crippen molar-refractivity contribution in [1.29, 1.82) is 0 Å². The maximum absolute atomic E-state index is 12.8. The van der Waals surface area contributed by atoms with Crippen molar-refractivity contribution < 1.29 is 14.4 Å². The maximum Gasteiger partial charge on any atom is 0.330 e. The quantitative estimate of drug-likeness (QED) is 0.738. The van der Waals surface area contributed by atoms with Crippen LogP contribution in [0, 0.1) is 6.92 Å². The van der Waals surface area contributed by atoms with Gasteiger partial charge in [0.25, 0.3) is 0 Å². The number of carbonyl (C=O) groups is 3. The summed E-state index contributed by atoms with van der Waals surface area (Å²) in [7, 11) is 0. The van der Waals surface area contributed by atoms with E-state index >= 15 is 0 Å². The third-order valence-electron chi connectivity index (χ3n) is 5.46. The Labute approximate surface area is 171 Å². The molecule has 9 nitrogen and oxygen atoms in total. The van der Waals surface area contributed by atoms with E-state index < -0.39 is 12.1 Å². The van der Waals surface area contributed by atoms with Crippen molar-refractivity contribution in [3.63, 3.8) is 0 Å². The maximum atomic E-state index is 12.8. The van der Waals surface area contributed by atoms with E-state index in [2.05, 4.69) is 10.3 Å². The number of imidazole rings is 1. The lowest BCUT2D eigenvalue weighted by Crippen LogP contribution is -2.54. The Kier molecular flexibility index (Phi) is 7.29. The Bertz CT molecular complexity index is 729. The fourth-order valence-corrected chi connectivity index (χ4v) is 3.98. The van der Waals surface area contributed by atoms with Gasteiger partial charge in [-0.05, 0) is 26.2 Å². The van der Waals surface area contributed by atoms with Crippen LogP contribution in [0.1, 0.15) is 50.5 Å². The number of halogens is 1. The number of amides is 4. The Morgan fingerprint density at radius 1 is 1.36 bits per heavy atom. The number of likely N-dealkylation sites (tertiary alicyclic amines) is 1. The van der Waals surface area contributed by atoms with Gasteiger partial charge < -0.3 is 20.9 Å². The molecule has 1 atom stereocenters. The molecule has 4 amide bonds. The van der Waals surface area contributed by atoms with Crippen LogP contribution in [-0.4, -0.2) is 62.5 Å². The number of aromatic nitrogens is 2. The molecule has 0 spiro atoms. The van der Waals surface area contributed by atoms with Gasteiger partial charge in [-0.1, -0.05) is 19.8 Å². The van der Waals surface area contributed by atoms with E-state index in [1.165, 1.54) is 0 Å². The van der Waals surface area contributed by atoms with Gasteiger partial charge in [0.05, 0.1) is 18.4 Å². The van der Waals surface area contributed by atoms with Gasteiger partial charge in [-0.25, -0.2) is 14.6 Å². The zero-order valence-corrected chi connectivity index (χ0v) is 17.2. The lowest BCUT2D eigenvalue weighted by Gasteiger charge is -2.37.